The highest BCUT2D eigenvalue weighted by molar-refractivity contribution is 5.91. The van der Waals surface area contributed by atoms with Crippen molar-refractivity contribution in [2.75, 3.05) is 5.32 Å². The Labute approximate surface area is 130 Å². The maximum atomic E-state index is 12.2. The van der Waals surface area contributed by atoms with Crippen LogP contribution in [0.3, 0.4) is 0 Å². The normalized spacial score (nSPS) is 11.5. The summed E-state index contributed by atoms with van der Waals surface area (Å²) in [6.45, 7) is 3.45. The molecular formula is C18H20N2O2. The Hall–Kier alpha value is -2.62. The molecule has 22 heavy (non-hydrogen) atoms. The van der Waals surface area contributed by atoms with E-state index in [0.717, 1.165) is 16.8 Å². The Morgan fingerprint density at radius 2 is 1.64 bits per heavy atom. The molecule has 1 atom stereocenters. The Bertz CT molecular complexity index is 636. The van der Waals surface area contributed by atoms with Gasteiger partial charge in [0.15, 0.2) is 0 Å². The van der Waals surface area contributed by atoms with Crippen molar-refractivity contribution in [3.63, 3.8) is 0 Å². The van der Waals surface area contributed by atoms with Gasteiger partial charge in [-0.05, 0) is 24.6 Å². The van der Waals surface area contributed by atoms with Gasteiger partial charge in [0, 0.05) is 12.6 Å². The number of rotatable bonds is 5. The Morgan fingerprint density at radius 3 is 2.23 bits per heavy atom. The lowest BCUT2D eigenvalue weighted by atomic mass is 10.0. The molecule has 2 aromatic rings. The van der Waals surface area contributed by atoms with Crippen molar-refractivity contribution < 1.29 is 9.59 Å². The molecular weight excluding hydrogens is 276 g/mol. The Morgan fingerprint density at radius 1 is 1.00 bits per heavy atom. The van der Waals surface area contributed by atoms with Crippen molar-refractivity contribution in [3.8, 4) is 0 Å². The van der Waals surface area contributed by atoms with Gasteiger partial charge in [-0.2, -0.15) is 0 Å². The van der Waals surface area contributed by atoms with E-state index in [0.29, 0.717) is 0 Å². The van der Waals surface area contributed by atoms with Crippen molar-refractivity contribution >= 4 is 17.5 Å². The SMILES string of the molecule is CC(=O)N[C@H](CC(=O)Nc1ccc(C)cc1)c1ccccc1. The number of amides is 2. The minimum absolute atomic E-state index is 0.133. The molecule has 4 nitrogen and oxygen atoms in total. The van der Waals surface area contributed by atoms with Crippen LogP contribution in [0.25, 0.3) is 0 Å². The summed E-state index contributed by atoms with van der Waals surface area (Å²) in [6, 6.07) is 16.8. The first kappa shape index (κ1) is 15.8. The molecule has 2 rings (SSSR count). The first-order valence-corrected chi connectivity index (χ1v) is 7.23. The second kappa shape index (κ2) is 7.41. The monoisotopic (exact) mass is 296 g/mol. The van der Waals surface area contributed by atoms with Crippen LogP contribution >= 0.6 is 0 Å². The van der Waals surface area contributed by atoms with Crippen molar-refractivity contribution in [2.24, 2.45) is 0 Å². The third-order valence-corrected chi connectivity index (χ3v) is 3.30. The Kier molecular flexibility index (Phi) is 5.31. The molecule has 0 saturated heterocycles. The first-order chi connectivity index (χ1) is 10.5. The Balaban J connectivity index is 2.04. The van der Waals surface area contributed by atoms with Crippen molar-refractivity contribution in [3.05, 3.63) is 65.7 Å². The van der Waals surface area contributed by atoms with Crippen molar-refractivity contribution in [2.45, 2.75) is 26.3 Å². The number of benzene rings is 2. The second-order valence-electron chi connectivity index (χ2n) is 5.28. The lowest BCUT2D eigenvalue weighted by Gasteiger charge is -2.18. The number of anilines is 1. The molecule has 0 aliphatic carbocycles. The summed E-state index contributed by atoms with van der Waals surface area (Å²) in [5.41, 5.74) is 2.81. The second-order valence-corrected chi connectivity index (χ2v) is 5.28. The molecule has 0 fully saturated rings. The molecule has 0 spiro atoms. The van der Waals surface area contributed by atoms with E-state index in [9.17, 15) is 9.59 Å². The lowest BCUT2D eigenvalue weighted by molar-refractivity contribution is -0.120. The minimum Gasteiger partial charge on any atom is -0.349 e. The molecule has 114 valence electrons. The smallest absolute Gasteiger partial charge is 0.226 e. The average Bonchev–Trinajstić information content (AvgIpc) is 2.49. The maximum absolute atomic E-state index is 12.2. The summed E-state index contributed by atoms with van der Waals surface area (Å²) in [5.74, 6) is -0.288. The van der Waals surface area contributed by atoms with E-state index in [1.165, 1.54) is 6.92 Å². The van der Waals surface area contributed by atoms with E-state index in [1.54, 1.807) is 0 Å². The fourth-order valence-corrected chi connectivity index (χ4v) is 2.22. The van der Waals surface area contributed by atoms with Gasteiger partial charge in [-0.25, -0.2) is 0 Å². The molecule has 0 saturated carbocycles. The van der Waals surface area contributed by atoms with Crippen molar-refractivity contribution in [1.82, 2.24) is 5.32 Å². The van der Waals surface area contributed by atoms with Gasteiger partial charge >= 0.3 is 0 Å². The van der Waals surface area contributed by atoms with Crippen LogP contribution in [0.15, 0.2) is 54.6 Å². The van der Waals surface area contributed by atoms with Gasteiger partial charge in [0.2, 0.25) is 11.8 Å². The standard InChI is InChI=1S/C18H20N2O2/c1-13-8-10-16(11-9-13)20-18(22)12-17(19-14(2)21)15-6-4-3-5-7-15/h3-11,17H,12H2,1-2H3,(H,19,21)(H,20,22)/t17-/m1/s1. The molecule has 0 radical (unpaired) electrons. The van der Waals surface area contributed by atoms with E-state index in [-0.39, 0.29) is 24.3 Å². The van der Waals surface area contributed by atoms with Crippen LogP contribution in [0.5, 0.6) is 0 Å². The van der Waals surface area contributed by atoms with E-state index in [1.807, 2.05) is 61.5 Å². The minimum atomic E-state index is -0.329. The lowest BCUT2D eigenvalue weighted by Crippen LogP contribution is -2.29. The predicted molar refractivity (Wildman–Crippen MR) is 87.4 cm³/mol. The van der Waals surface area contributed by atoms with Gasteiger partial charge in [-0.1, -0.05) is 48.0 Å². The summed E-state index contributed by atoms with van der Waals surface area (Å²) in [5, 5.41) is 5.67. The number of hydrogen-bond acceptors (Lipinski definition) is 2. The molecule has 0 heterocycles. The number of carbonyl (C=O) groups is 2. The average molecular weight is 296 g/mol. The van der Waals surface area contributed by atoms with Gasteiger partial charge in [0.25, 0.3) is 0 Å². The summed E-state index contributed by atoms with van der Waals surface area (Å²) < 4.78 is 0. The number of carbonyl (C=O) groups excluding carboxylic acids is 2. The number of hydrogen-bond donors (Lipinski definition) is 2. The molecule has 2 aromatic carbocycles. The summed E-state index contributed by atoms with van der Waals surface area (Å²) in [6.07, 6.45) is 0.192. The summed E-state index contributed by atoms with van der Waals surface area (Å²) >= 11 is 0. The molecule has 0 bridgehead atoms. The van der Waals surface area contributed by atoms with E-state index in [4.69, 9.17) is 0 Å². The van der Waals surface area contributed by atoms with E-state index in [2.05, 4.69) is 10.6 Å². The predicted octanol–water partition coefficient (Wildman–Crippen LogP) is 3.20. The van der Waals surface area contributed by atoms with E-state index >= 15 is 0 Å². The van der Waals surface area contributed by atoms with Gasteiger partial charge in [0.05, 0.1) is 12.5 Å². The van der Waals surface area contributed by atoms with Crippen LogP contribution in [-0.4, -0.2) is 11.8 Å². The van der Waals surface area contributed by atoms with Gasteiger partial charge in [-0.3, -0.25) is 9.59 Å². The van der Waals surface area contributed by atoms with Crippen molar-refractivity contribution in [1.29, 1.82) is 0 Å². The molecule has 0 aliphatic rings. The van der Waals surface area contributed by atoms with Gasteiger partial charge in [0.1, 0.15) is 0 Å². The number of nitrogens with one attached hydrogen (secondary N) is 2. The highest BCUT2D eigenvalue weighted by Gasteiger charge is 2.16. The summed E-state index contributed by atoms with van der Waals surface area (Å²) in [7, 11) is 0. The topological polar surface area (TPSA) is 58.2 Å². The maximum Gasteiger partial charge on any atom is 0.226 e. The van der Waals surface area contributed by atoms with Crippen LogP contribution in [0, 0.1) is 6.92 Å². The van der Waals surface area contributed by atoms with Crippen LogP contribution in [0.2, 0.25) is 0 Å². The van der Waals surface area contributed by atoms with Crippen LogP contribution in [0.1, 0.15) is 30.5 Å². The molecule has 2 amide bonds. The first-order valence-electron chi connectivity index (χ1n) is 7.23. The molecule has 4 heteroatoms. The quantitative estimate of drug-likeness (QED) is 0.890. The third kappa shape index (κ3) is 4.74. The highest BCUT2D eigenvalue weighted by Crippen LogP contribution is 2.18. The highest BCUT2D eigenvalue weighted by atomic mass is 16.2. The molecule has 0 aliphatic heterocycles. The van der Waals surface area contributed by atoms with E-state index < -0.39 is 0 Å². The van der Waals surface area contributed by atoms with Gasteiger partial charge in [-0.15, -0.1) is 0 Å². The number of aryl methyl sites for hydroxylation is 1. The zero-order valence-electron chi connectivity index (χ0n) is 12.8. The largest absolute Gasteiger partial charge is 0.349 e. The fourth-order valence-electron chi connectivity index (χ4n) is 2.22. The zero-order chi connectivity index (χ0) is 15.9. The zero-order valence-corrected chi connectivity index (χ0v) is 12.8. The molecule has 0 unspecified atom stereocenters. The molecule has 2 N–H and O–H groups in total. The van der Waals surface area contributed by atoms with Crippen LogP contribution < -0.4 is 10.6 Å². The summed E-state index contributed by atoms with van der Waals surface area (Å²) in [4.78, 5) is 23.6. The third-order valence-electron chi connectivity index (χ3n) is 3.30. The molecule has 0 aromatic heterocycles. The van der Waals surface area contributed by atoms with Crippen LogP contribution in [-0.2, 0) is 9.59 Å². The fraction of sp³-hybridized carbons (Fsp3) is 0.222. The van der Waals surface area contributed by atoms with Gasteiger partial charge < -0.3 is 10.6 Å². The van der Waals surface area contributed by atoms with Crippen LogP contribution in [0.4, 0.5) is 5.69 Å².